The van der Waals surface area contributed by atoms with E-state index in [2.05, 4.69) is 23.6 Å². The van der Waals surface area contributed by atoms with E-state index < -0.39 is 11.7 Å². The maximum absolute atomic E-state index is 13.3. The highest BCUT2D eigenvalue weighted by Gasteiger charge is 2.60. The number of carbonyl (C=O) groups is 2. The van der Waals surface area contributed by atoms with Crippen molar-refractivity contribution in [1.29, 1.82) is 0 Å². The molecule has 1 N–H and O–H groups in total. The number of para-hydroxylation sites is 1. The van der Waals surface area contributed by atoms with Gasteiger partial charge in [0.1, 0.15) is 6.10 Å². The summed E-state index contributed by atoms with van der Waals surface area (Å²) in [5.74, 6) is 2.41. The maximum Gasteiger partial charge on any atom is 0.416 e. The number of β-amino-alcohol motifs (C(OH)–C–C–N with tert-alkyl or cyclic N) is 1. The minimum absolute atomic E-state index is 0. The molecule has 2 aromatic carbocycles. The second-order valence-corrected chi connectivity index (χ2v) is 18.2. The second-order valence-electron chi connectivity index (χ2n) is 17.1. The van der Waals surface area contributed by atoms with E-state index in [1.165, 1.54) is 48.7 Å². The highest BCUT2D eigenvalue weighted by Crippen LogP contribution is 2.65. The topological polar surface area (TPSA) is 73.3 Å². The summed E-state index contributed by atoms with van der Waals surface area (Å²) in [6, 6.07) is 11.9. The number of fused-ring (bicyclic) bond motifs is 7. The van der Waals surface area contributed by atoms with E-state index in [4.69, 9.17) is 9.84 Å². The molecule has 1 saturated heterocycles. The highest BCUT2D eigenvalue weighted by molar-refractivity contribution is 7.99. The molecule has 3 saturated carbocycles. The summed E-state index contributed by atoms with van der Waals surface area (Å²) in [5, 5.41) is 9.07. The number of rotatable bonds is 8. The molecule has 4 aliphatic carbocycles. The van der Waals surface area contributed by atoms with Gasteiger partial charge in [-0.15, -0.1) is 24.8 Å². The molecule has 8 rings (SSSR count). The van der Waals surface area contributed by atoms with Gasteiger partial charge in [-0.25, -0.2) is 0 Å². The van der Waals surface area contributed by atoms with Gasteiger partial charge in [0.25, 0.3) is 0 Å². The SMILES string of the molecule is CCC(=O)OC1CCC2C3CCC4=CC(=O)CCC4(C)C3CCC12C.Cl.Cl.OCCN1CCN(CCCN2c3ccccc3Sc3ccc(C(F)(F)F)cc32)CC1. The number of hydrogen-bond donors (Lipinski definition) is 1. The molecule has 4 fully saturated rings. The number of piperazine rings is 1. The van der Waals surface area contributed by atoms with Crippen LogP contribution in [0.5, 0.6) is 0 Å². The van der Waals surface area contributed by atoms with Crippen LogP contribution in [0, 0.1) is 28.6 Å². The number of ether oxygens (including phenoxy) is 1. The Hall–Kier alpha value is -2.28. The molecule has 57 heavy (non-hydrogen) atoms. The van der Waals surface area contributed by atoms with Crippen molar-refractivity contribution in [1.82, 2.24) is 9.80 Å². The van der Waals surface area contributed by atoms with E-state index in [-0.39, 0.29) is 54.3 Å². The Morgan fingerprint density at radius 1 is 0.877 bits per heavy atom. The van der Waals surface area contributed by atoms with Gasteiger partial charge in [-0.3, -0.25) is 14.5 Å². The first kappa shape index (κ1) is 45.8. The third-order valence-corrected chi connectivity index (χ3v) is 15.3. The van der Waals surface area contributed by atoms with Crippen molar-refractivity contribution in [2.24, 2.45) is 28.6 Å². The van der Waals surface area contributed by atoms with Crippen LogP contribution >= 0.6 is 36.6 Å². The molecule has 2 heterocycles. The van der Waals surface area contributed by atoms with Gasteiger partial charge in [-0.05, 0) is 117 Å². The molecule has 0 bridgehead atoms. The first-order valence-electron chi connectivity index (χ1n) is 20.6. The van der Waals surface area contributed by atoms with E-state index in [0.29, 0.717) is 42.8 Å². The lowest BCUT2D eigenvalue weighted by Gasteiger charge is -2.57. The zero-order valence-corrected chi connectivity index (χ0v) is 36.0. The number of benzene rings is 2. The Labute approximate surface area is 353 Å². The van der Waals surface area contributed by atoms with E-state index >= 15 is 0 Å². The molecule has 0 radical (unpaired) electrons. The van der Waals surface area contributed by atoms with Crippen molar-refractivity contribution in [3.05, 3.63) is 59.7 Å². The fraction of sp³-hybridized carbons (Fsp3) is 0.636. The number of anilines is 2. The number of ketones is 1. The number of alkyl halides is 3. The average Bonchev–Trinajstić information content (AvgIpc) is 3.50. The summed E-state index contributed by atoms with van der Waals surface area (Å²) < 4.78 is 45.8. The first-order chi connectivity index (χ1) is 26.3. The Balaban J connectivity index is 0.000000213. The zero-order chi connectivity index (χ0) is 39.0. The molecule has 6 aliphatic rings. The summed E-state index contributed by atoms with van der Waals surface area (Å²) in [6.45, 7) is 13.0. The normalized spacial score (nSPS) is 29.4. The van der Waals surface area contributed by atoms with Crippen LogP contribution in [0.2, 0.25) is 0 Å². The molecule has 2 aliphatic heterocycles. The molecule has 7 nitrogen and oxygen atoms in total. The molecule has 0 spiro atoms. The molecule has 13 heteroatoms. The molecular weight excluding hydrogens is 794 g/mol. The smallest absolute Gasteiger partial charge is 0.416 e. The van der Waals surface area contributed by atoms with Gasteiger partial charge in [-0.2, -0.15) is 13.2 Å². The Morgan fingerprint density at radius 2 is 1.58 bits per heavy atom. The Morgan fingerprint density at radius 3 is 2.28 bits per heavy atom. The monoisotopic (exact) mass is 853 g/mol. The molecule has 6 unspecified atom stereocenters. The number of carbonyl (C=O) groups excluding carboxylic acids is 2. The van der Waals surface area contributed by atoms with Gasteiger partial charge >= 0.3 is 12.1 Å². The lowest BCUT2D eigenvalue weighted by atomic mass is 9.47. The first-order valence-corrected chi connectivity index (χ1v) is 21.4. The van der Waals surface area contributed by atoms with Gasteiger partial charge in [0, 0.05) is 67.3 Å². The molecule has 2 aromatic rings. The minimum atomic E-state index is -4.35. The summed E-state index contributed by atoms with van der Waals surface area (Å²) in [4.78, 5) is 32.4. The van der Waals surface area contributed by atoms with Crippen molar-refractivity contribution in [2.45, 2.75) is 107 Å². The van der Waals surface area contributed by atoms with E-state index in [1.807, 2.05) is 42.2 Å². The van der Waals surface area contributed by atoms with Gasteiger partial charge in [0.2, 0.25) is 0 Å². The number of hydrogen-bond acceptors (Lipinski definition) is 8. The van der Waals surface area contributed by atoms with Crippen LogP contribution in [-0.4, -0.2) is 85.2 Å². The Bertz CT molecular complexity index is 1760. The van der Waals surface area contributed by atoms with Crippen molar-refractivity contribution < 1.29 is 32.6 Å². The number of esters is 1. The zero-order valence-electron chi connectivity index (χ0n) is 33.5. The largest absolute Gasteiger partial charge is 0.462 e. The standard InChI is InChI=1S/C22H26F3N3OS.C22H32O3.2ClH/c23-22(24,25)17-6-7-21-19(16-17)28(18-4-1-2-5-20(18)30-21)9-3-8-26-10-12-27(13-11-26)14-15-29;1-4-20(24)25-19-8-7-17-16-6-5-14-13-15(23)9-11-21(14,2)18(16)10-12-22(17,19)3;;/h1-2,4-7,16,29H,3,8-15H2;13,16-19H,4-12H2,1-3H3;2*1H. The van der Waals surface area contributed by atoms with Crippen molar-refractivity contribution in [2.75, 3.05) is 57.3 Å². The third-order valence-electron chi connectivity index (χ3n) is 14.1. The van der Waals surface area contributed by atoms with Crippen molar-refractivity contribution >= 4 is 59.7 Å². The number of allylic oxidation sites excluding steroid dienone is 1. The molecule has 0 amide bonds. The van der Waals surface area contributed by atoms with Crippen LogP contribution in [0.25, 0.3) is 0 Å². The van der Waals surface area contributed by atoms with Crippen LogP contribution in [0.15, 0.2) is 63.9 Å². The molecule has 0 aromatic heterocycles. The van der Waals surface area contributed by atoms with E-state index in [0.717, 1.165) is 92.6 Å². The average molecular weight is 855 g/mol. The van der Waals surface area contributed by atoms with Crippen LogP contribution in [0.3, 0.4) is 0 Å². The van der Waals surface area contributed by atoms with E-state index in [9.17, 15) is 22.8 Å². The summed E-state index contributed by atoms with van der Waals surface area (Å²) in [7, 11) is 0. The second kappa shape index (κ2) is 19.0. The molecule has 316 valence electrons. The summed E-state index contributed by atoms with van der Waals surface area (Å²) in [6.07, 6.45) is 7.78. The van der Waals surface area contributed by atoms with Gasteiger partial charge in [0.15, 0.2) is 5.78 Å². The number of aliphatic hydroxyl groups excluding tert-OH is 1. The van der Waals surface area contributed by atoms with Gasteiger partial charge < -0.3 is 19.6 Å². The van der Waals surface area contributed by atoms with Crippen LogP contribution in [-0.2, 0) is 20.5 Å². The van der Waals surface area contributed by atoms with E-state index in [1.54, 1.807) is 6.07 Å². The van der Waals surface area contributed by atoms with Gasteiger partial charge in [0.05, 0.1) is 23.5 Å². The van der Waals surface area contributed by atoms with Gasteiger partial charge in [-0.1, -0.05) is 50.2 Å². The number of halogens is 5. The summed E-state index contributed by atoms with van der Waals surface area (Å²) >= 11 is 1.53. The Kier molecular flexibility index (Phi) is 15.2. The number of nitrogens with zero attached hydrogens (tertiary/aromatic N) is 3. The van der Waals surface area contributed by atoms with Crippen LogP contribution in [0.1, 0.15) is 90.5 Å². The predicted molar refractivity (Wildman–Crippen MR) is 225 cm³/mol. The molecular formula is C44H60Cl2F3N3O4S. The minimum Gasteiger partial charge on any atom is -0.462 e. The fourth-order valence-corrected chi connectivity index (χ4v) is 12.1. The van der Waals surface area contributed by atoms with Crippen molar-refractivity contribution in [3.8, 4) is 0 Å². The number of aliphatic hydroxyl groups is 1. The quantitative estimate of drug-likeness (QED) is 0.263. The maximum atomic E-state index is 13.3. The van der Waals surface area contributed by atoms with Crippen molar-refractivity contribution in [3.63, 3.8) is 0 Å². The predicted octanol–water partition coefficient (Wildman–Crippen LogP) is 9.99. The lowest BCUT2D eigenvalue weighted by molar-refractivity contribution is -0.159. The van der Waals surface area contributed by atoms with Crippen LogP contribution < -0.4 is 4.90 Å². The lowest BCUT2D eigenvalue weighted by Crippen LogP contribution is -2.51. The summed E-state index contributed by atoms with van der Waals surface area (Å²) in [5.41, 5.74) is 2.83. The third kappa shape index (κ3) is 9.54. The molecule has 6 atom stereocenters. The highest BCUT2D eigenvalue weighted by atomic mass is 35.5. The fourth-order valence-electron chi connectivity index (χ4n) is 11.0. The van der Waals surface area contributed by atoms with Crippen LogP contribution in [0.4, 0.5) is 24.5 Å².